The van der Waals surface area contributed by atoms with Crippen LogP contribution in [-0.2, 0) is 16.0 Å². The predicted octanol–water partition coefficient (Wildman–Crippen LogP) is 5.21. The molecule has 144 valence electrons. The van der Waals surface area contributed by atoms with Crippen molar-refractivity contribution in [1.29, 1.82) is 0 Å². The van der Waals surface area contributed by atoms with Crippen molar-refractivity contribution in [2.75, 3.05) is 13.1 Å². The van der Waals surface area contributed by atoms with Gasteiger partial charge in [0.2, 0.25) is 0 Å². The van der Waals surface area contributed by atoms with Crippen molar-refractivity contribution in [2.45, 2.75) is 49.0 Å². The Hall–Kier alpha value is -2.27. The second kappa shape index (κ2) is 10.2. The molecule has 27 heavy (non-hydrogen) atoms. The highest BCUT2D eigenvalue weighted by Gasteiger charge is 2.21. The fourth-order valence-corrected chi connectivity index (χ4v) is 3.40. The SMILES string of the molecule is CC(C)(C)OC(=O)N(CCC=O)CCc1cccc(Sc2ccccc2)c1. The summed E-state index contributed by atoms with van der Waals surface area (Å²) in [6.07, 6.45) is 1.47. The lowest BCUT2D eigenvalue weighted by Crippen LogP contribution is -2.38. The smallest absolute Gasteiger partial charge is 0.410 e. The van der Waals surface area contributed by atoms with E-state index in [1.54, 1.807) is 16.7 Å². The number of hydrogen-bond donors (Lipinski definition) is 0. The normalized spacial score (nSPS) is 11.1. The predicted molar refractivity (Wildman–Crippen MR) is 109 cm³/mol. The lowest BCUT2D eigenvalue weighted by molar-refractivity contribution is -0.108. The topological polar surface area (TPSA) is 46.6 Å². The van der Waals surface area contributed by atoms with E-state index in [0.29, 0.717) is 25.9 Å². The van der Waals surface area contributed by atoms with E-state index in [1.807, 2.05) is 45.0 Å². The Balaban J connectivity index is 2.00. The summed E-state index contributed by atoms with van der Waals surface area (Å²) in [4.78, 5) is 27.1. The van der Waals surface area contributed by atoms with Crippen LogP contribution in [0, 0.1) is 0 Å². The number of rotatable bonds is 8. The van der Waals surface area contributed by atoms with Crippen LogP contribution in [-0.4, -0.2) is 36.0 Å². The highest BCUT2D eigenvalue weighted by molar-refractivity contribution is 7.99. The molecule has 0 bridgehead atoms. The Labute approximate surface area is 165 Å². The van der Waals surface area contributed by atoms with Gasteiger partial charge in [0.1, 0.15) is 11.9 Å². The van der Waals surface area contributed by atoms with Crippen LogP contribution in [0.15, 0.2) is 64.4 Å². The molecule has 0 aliphatic rings. The summed E-state index contributed by atoms with van der Waals surface area (Å²) in [5, 5.41) is 0. The second-order valence-corrected chi connectivity index (χ2v) is 8.38. The Morgan fingerprint density at radius 3 is 2.41 bits per heavy atom. The Kier molecular flexibility index (Phi) is 7.92. The van der Waals surface area contributed by atoms with Crippen LogP contribution in [0.3, 0.4) is 0 Å². The largest absolute Gasteiger partial charge is 0.444 e. The zero-order valence-electron chi connectivity index (χ0n) is 16.2. The van der Waals surface area contributed by atoms with Gasteiger partial charge in [-0.15, -0.1) is 0 Å². The molecule has 0 fully saturated rings. The van der Waals surface area contributed by atoms with Crippen LogP contribution < -0.4 is 0 Å². The summed E-state index contributed by atoms with van der Waals surface area (Å²) < 4.78 is 5.46. The maximum absolute atomic E-state index is 12.4. The standard InChI is InChI=1S/C22H27NO3S/c1-22(2,3)26-21(25)23(14-8-16-24)15-13-18-9-7-12-20(17-18)27-19-10-5-4-6-11-19/h4-7,9-12,16-17H,8,13-15H2,1-3H3. The van der Waals surface area contributed by atoms with Gasteiger partial charge in [0.05, 0.1) is 0 Å². The molecule has 2 aromatic rings. The van der Waals surface area contributed by atoms with Gasteiger partial charge in [0, 0.05) is 29.3 Å². The van der Waals surface area contributed by atoms with E-state index in [0.717, 1.165) is 16.7 Å². The fourth-order valence-electron chi connectivity index (χ4n) is 2.48. The van der Waals surface area contributed by atoms with Crippen molar-refractivity contribution in [1.82, 2.24) is 4.90 Å². The highest BCUT2D eigenvalue weighted by atomic mass is 32.2. The summed E-state index contributed by atoms with van der Waals surface area (Å²) in [6, 6.07) is 18.5. The van der Waals surface area contributed by atoms with E-state index < -0.39 is 5.60 Å². The van der Waals surface area contributed by atoms with Gasteiger partial charge < -0.3 is 14.4 Å². The van der Waals surface area contributed by atoms with Crippen LogP contribution in [0.25, 0.3) is 0 Å². The van der Waals surface area contributed by atoms with Gasteiger partial charge in [-0.3, -0.25) is 0 Å². The average molecular weight is 386 g/mol. The molecule has 0 radical (unpaired) electrons. The Morgan fingerprint density at radius 2 is 1.74 bits per heavy atom. The quantitative estimate of drug-likeness (QED) is 0.586. The van der Waals surface area contributed by atoms with Gasteiger partial charge in [-0.25, -0.2) is 4.79 Å². The molecule has 5 heteroatoms. The van der Waals surface area contributed by atoms with Crippen LogP contribution in [0.5, 0.6) is 0 Å². The molecular formula is C22H27NO3S. The molecule has 4 nitrogen and oxygen atoms in total. The van der Waals surface area contributed by atoms with Crippen LogP contribution >= 0.6 is 11.8 Å². The van der Waals surface area contributed by atoms with Crippen molar-refractivity contribution in [3.8, 4) is 0 Å². The van der Waals surface area contributed by atoms with Crippen molar-refractivity contribution in [3.05, 3.63) is 60.2 Å². The van der Waals surface area contributed by atoms with Gasteiger partial charge in [-0.1, -0.05) is 42.1 Å². The Morgan fingerprint density at radius 1 is 1.04 bits per heavy atom. The van der Waals surface area contributed by atoms with E-state index >= 15 is 0 Å². The molecule has 0 unspecified atom stereocenters. The summed E-state index contributed by atoms with van der Waals surface area (Å²) in [5.74, 6) is 0. The molecule has 0 atom stereocenters. The number of carbonyl (C=O) groups excluding carboxylic acids is 2. The van der Waals surface area contributed by atoms with E-state index in [4.69, 9.17) is 4.74 Å². The van der Waals surface area contributed by atoms with Crippen molar-refractivity contribution >= 4 is 24.1 Å². The molecule has 0 saturated heterocycles. The molecule has 0 heterocycles. The number of aldehydes is 1. The van der Waals surface area contributed by atoms with E-state index in [9.17, 15) is 9.59 Å². The molecule has 2 aromatic carbocycles. The number of amides is 1. The minimum atomic E-state index is -0.553. The lowest BCUT2D eigenvalue weighted by atomic mass is 10.1. The molecule has 0 aliphatic heterocycles. The molecule has 1 amide bonds. The molecular weight excluding hydrogens is 358 g/mol. The fraction of sp³-hybridized carbons (Fsp3) is 0.364. The van der Waals surface area contributed by atoms with Crippen LogP contribution in [0.2, 0.25) is 0 Å². The number of nitrogens with zero attached hydrogens (tertiary/aromatic N) is 1. The second-order valence-electron chi connectivity index (χ2n) is 7.24. The maximum atomic E-state index is 12.4. The summed E-state index contributed by atoms with van der Waals surface area (Å²) in [6.45, 7) is 6.41. The van der Waals surface area contributed by atoms with E-state index in [1.165, 1.54) is 4.90 Å². The third-order valence-corrected chi connectivity index (χ3v) is 4.71. The van der Waals surface area contributed by atoms with E-state index in [2.05, 4.69) is 30.3 Å². The van der Waals surface area contributed by atoms with Gasteiger partial charge in [-0.2, -0.15) is 0 Å². The molecule has 0 aromatic heterocycles. The van der Waals surface area contributed by atoms with Gasteiger partial charge in [0.25, 0.3) is 0 Å². The van der Waals surface area contributed by atoms with Crippen molar-refractivity contribution in [2.24, 2.45) is 0 Å². The summed E-state index contributed by atoms with van der Waals surface area (Å²) in [7, 11) is 0. The monoisotopic (exact) mass is 385 g/mol. The highest BCUT2D eigenvalue weighted by Crippen LogP contribution is 2.28. The number of benzene rings is 2. The molecule has 2 rings (SSSR count). The van der Waals surface area contributed by atoms with Gasteiger partial charge in [-0.05, 0) is 57.0 Å². The van der Waals surface area contributed by atoms with Gasteiger partial charge in [0.15, 0.2) is 0 Å². The third kappa shape index (κ3) is 7.87. The van der Waals surface area contributed by atoms with Crippen LogP contribution in [0.4, 0.5) is 4.79 Å². The molecule has 0 saturated carbocycles. The lowest BCUT2D eigenvalue weighted by Gasteiger charge is -2.27. The van der Waals surface area contributed by atoms with E-state index in [-0.39, 0.29) is 6.09 Å². The summed E-state index contributed by atoms with van der Waals surface area (Å²) >= 11 is 1.71. The number of hydrogen-bond acceptors (Lipinski definition) is 4. The third-order valence-electron chi connectivity index (χ3n) is 3.72. The molecule has 0 aliphatic carbocycles. The van der Waals surface area contributed by atoms with Crippen LogP contribution in [0.1, 0.15) is 32.8 Å². The molecule has 0 spiro atoms. The number of ether oxygens (including phenoxy) is 1. The Bertz CT molecular complexity index is 741. The zero-order chi connectivity index (χ0) is 19.7. The summed E-state index contributed by atoms with van der Waals surface area (Å²) in [5.41, 5.74) is 0.596. The van der Waals surface area contributed by atoms with Crippen molar-refractivity contribution in [3.63, 3.8) is 0 Å². The zero-order valence-corrected chi connectivity index (χ0v) is 17.0. The first-order chi connectivity index (χ1) is 12.9. The first-order valence-electron chi connectivity index (χ1n) is 9.11. The first-order valence-corrected chi connectivity index (χ1v) is 9.92. The number of carbonyl (C=O) groups is 2. The van der Waals surface area contributed by atoms with Crippen molar-refractivity contribution < 1.29 is 14.3 Å². The van der Waals surface area contributed by atoms with Gasteiger partial charge >= 0.3 is 6.09 Å². The average Bonchev–Trinajstić information content (AvgIpc) is 2.61. The maximum Gasteiger partial charge on any atom is 0.410 e. The minimum absolute atomic E-state index is 0.309. The molecule has 0 N–H and O–H groups in total. The minimum Gasteiger partial charge on any atom is -0.444 e. The first kappa shape index (κ1) is 21.0.